The molecule has 2 N–H and O–H groups in total. The number of rotatable bonds is 6. The Bertz CT molecular complexity index is 598. The average Bonchev–Trinajstić information content (AvgIpc) is 2.56. The maximum absolute atomic E-state index is 3.68. The van der Waals surface area contributed by atoms with E-state index in [1.807, 2.05) is 18.8 Å². The fraction of sp³-hybridized carbons (Fsp3) is 0.368. The Balaban J connectivity index is 1.72. The number of aryl methyl sites for hydroxylation is 1. The van der Waals surface area contributed by atoms with Gasteiger partial charge in [0.25, 0.3) is 0 Å². The molecule has 2 nitrogen and oxygen atoms in total. The van der Waals surface area contributed by atoms with Crippen molar-refractivity contribution in [1.82, 2.24) is 10.6 Å². The van der Waals surface area contributed by atoms with Crippen LogP contribution in [-0.4, -0.2) is 20.1 Å². The summed E-state index contributed by atoms with van der Waals surface area (Å²) < 4.78 is 0. The Morgan fingerprint density at radius 3 is 2.73 bits per heavy atom. The van der Waals surface area contributed by atoms with E-state index in [0.29, 0.717) is 6.04 Å². The van der Waals surface area contributed by atoms with E-state index in [0.717, 1.165) is 13.1 Å². The van der Waals surface area contributed by atoms with Crippen LogP contribution < -0.4 is 10.6 Å². The number of nitrogens with one attached hydrogen (secondary N) is 2. The Morgan fingerprint density at radius 2 is 1.91 bits per heavy atom. The molecule has 2 aromatic rings. The Morgan fingerprint density at radius 1 is 1.05 bits per heavy atom. The smallest absolute Gasteiger partial charge is 0.0323 e. The molecule has 1 aliphatic rings. The zero-order chi connectivity index (χ0) is 15.2. The van der Waals surface area contributed by atoms with Gasteiger partial charge in [0.05, 0.1) is 0 Å². The zero-order valence-corrected chi connectivity index (χ0v) is 14.0. The van der Waals surface area contributed by atoms with Crippen LogP contribution in [0.3, 0.4) is 0 Å². The molecule has 3 rings (SSSR count). The van der Waals surface area contributed by atoms with Gasteiger partial charge >= 0.3 is 0 Å². The van der Waals surface area contributed by atoms with E-state index < -0.39 is 0 Å². The summed E-state index contributed by atoms with van der Waals surface area (Å²) in [6.45, 7) is 2.05. The molecule has 0 bridgehead atoms. The molecule has 1 aliphatic carbocycles. The Kier molecular flexibility index (Phi) is 5.54. The third-order valence-corrected chi connectivity index (χ3v) is 5.17. The normalized spacial score (nSPS) is 17.2. The molecule has 116 valence electrons. The lowest BCUT2D eigenvalue weighted by Crippen LogP contribution is -2.30. The summed E-state index contributed by atoms with van der Waals surface area (Å²) in [5.74, 6) is 0. The van der Waals surface area contributed by atoms with Crippen LogP contribution in [0.4, 0.5) is 0 Å². The van der Waals surface area contributed by atoms with Gasteiger partial charge in [0.15, 0.2) is 0 Å². The highest BCUT2D eigenvalue weighted by atomic mass is 32.2. The van der Waals surface area contributed by atoms with Crippen LogP contribution in [0.25, 0.3) is 0 Å². The van der Waals surface area contributed by atoms with E-state index >= 15 is 0 Å². The molecule has 0 radical (unpaired) electrons. The van der Waals surface area contributed by atoms with Gasteiger partial charge in [-0.25, -0.2) is 0 Å². The topological polar surface area (TPSA) is 24.1 Å². The first-order valence-electron chi connectivity index (χ1n) is 8.10. The predicted octanol–water partition coefficient (Wildman–Crippen LogP) is 4.02. The second-order valence-electron chi connectivity index (χ2n) is 5.78. The van der Waals surface area contributed by atoms with Gasteiger partial charge in [0.2, 0.25) is 0 Å². The molecule has 3 heteroatoms. The molecule has 0 heterocycles. The van der Waals surface area contributed by atoms with Crippen molar-refractivity contribution in [2.45, 2.75) is 35.1 Å². The van der Waals surface area contributed by atoms with Gasteiger partial charge in [0, 0.05) is 28.9 Å². The molecule has 2 aromatic carbocycles. The fourth-order valence-electron chi connectivity index (χ4n) is 3.06. The van der Waals surface area contributed by atoms with Crippen molar-refractivity contribution in [2.75, 3.05) is 20.1 Å². The van der Waals surface area contributed by atoms with Crippen molar-refractivity contribution in [1.29, 1.82) is 0 Å². The minimum atomic E-state index is 0.521. The lowest BCUT2D eigenvalue weighted by Gasteiger charge is -2.27. The lowest BCUT2D eigenvalue weighted by molar-refractivity contribution is 0.458. The van der Waals surface area contributed by atoms with Crippen LogP contribution in [0.1, 0.15) is 30.0 Å². The zero-order valence-electron chi connectivity index (χ0n) is 13.1. The van der Waals surface area contributed by atoms with E-state index in [9.17, 15) is 0 Å². The van der Waals surface area contributed by atoms with Crippen molar-refractivity contribution in [3.05, 3.63) is 59.7 Å². The van der Waals surface area contributed by atoms with E-state index in [1.54, 1.807) is 0 Å². The maximum atomic E-state index is 3.68. The molecule has 0 spiro atoms. The third-order valence-electron chi connectivity index (χ3n) is 4.17. The molecule has 0 aliphatic heterocycles. The molecular weight excluding hydrogens is 288 g/mol. The van der Waals surface area contributed by atoms with Crippen LogP contribution in [0.2, 0.25) is 0 Å². The summed E-state index contributed by atoms with van der Waals surface area (Å²) in [7, 11) is 2.00. The highest BCUT2D eigenvalue weighted by molar-refractivity contribution is 7.99. The number of hydrogen-bond donors (Lipinski definition) is 2. The highest BCUT2D eigenvalue weighted by Gasteiger charge is 2.19. The van der Waals surface area contributed by atoms with Crippen LogP contribution in [0.5, 0.6) is 0 Å². The largest absolute Gasteiger partial charge is 0.318 e. The second kappa shape index (κ2) is 7.82. The number of likely N-dealkylation sites (N-methyl/N-ethyl adjacent to an activating group) is 1. The van der Waals surface area contributed by atoms with E-state index in [-0.39, 0.29) is 0 Å². The minimum Gasteiger partial charge on any atom is -0.318 e. The van der Waals surface area contributed by atoms with Crippen molar-refractivity contribution in [2.24, 2.45) is 0 Å². The van der Waals surface area contributed by atoms with Crippen molar-refractivity contribution >= 4 is 11.8 Å². The molecule has 1 atom stereocenters. The quantitative estimate of drug-likeness (QED) is 0.788. The first-order valence-corrected chi connectivity index (χ1v) is 8.92. The van der Waals surface area contributed by atoms with Crippen molar-refractivity contribution in [3.63, 3.8) is 0 Å². The van der Waals surface area contributed by atoms with Crippen LogP contribution in [0, 0.1) is 0 Å². The van der Waals surface area contributed by atoms with Gasteiger partial charge in [-0.2, -0.15) is 0 Å². The summed E-state index contributed by atoms with van der Waals surface area (Å²) in [6.07, 6.45) is 3.74. The fourth-order valence-corrected chi connectivity index (χ4v) is 3.96. The number of hydrogen-bond acceptors (Lipinski definition) is 3. The van der Waals surface area contributed by atoms with E-state index in [2.05, 4.69) is 59.2 Å². The average molecular weight is 312 g/mol. The molecule has 1 unspecified atom stereocenters. The number of benzene rings is 2. The first-order chi connectivity index (χ1) is 10.9. The first kappa shape index (κ1) is 15.6. The summed E-state index contributed by atoms with van der Waals surface area (Å²) in [4.78, 5) is 2.66. The van der Waals surface area contributed by atoms with Crippen LogP contribution in [-0.2, 0) is 6.42 Å². The van der Waals surface area contributed by atoms with E-state index in [1.165, 1.54) is 40.2 Å². The molecule has 0 saturated carbocycles. The van der Waals surface area contributed by atoms with Gasteiger partial charge in [-0.05, 0) is 61.7 Å². The predicted molar refractivity (Wildman–Crippen MR) is 94.6 cm³/mol. The van der Waals surface area contributed by atoms with Gasteiger partial charge in [-0.3, -0.25) is 0 Å². The van der Waals surface area contributed by atoms with Crippen molar-refractivity contribution in [3.8, 4) is 0 Å². The summed E-state index contributed by atoms with van der Waals surface area (Å²) in [5.41, 5.74) is 3.02. The summed E-state index contributed by atoms with van der Waals surface area (Å²) >= 11 is 1.85. The van der Waals surface area contributed by atoms with Crippen LogP contribution in [0.15, 0.2) is 58.3 Å². The molecule has 0 saturated heterocycles. The van der Waals surface area contributed by atoms with Gasteiger partial charge in [0.1, 0.15) is 0 Å². The Labute approximate surface area is 137 Å². The van der Waals surface area contributed by atoms with Gasteiger partial charge in [-0.1, -0.05) is 36.0 Å². The monoisotopic (exact) mass is 312 g/mol. The Hall–Kier alpha value is -1.29. The second-order valence-corrected chi connectivity index (χ2v) is 6.93. The SMILES string of the molecule is CNCCNC1CCCc2cc(Sc3ccccc3)ccc21. The van der Waals surface area contributed by atoms with Gasteiger partial charge < -0.3 is 10.6 Å². The molecule has 0 amide bonds. The highest BCUT2D eigenvalue weighted by Crippen LogP contribution is 2.34. The minimum absolute atomic E-state index is 0.521. The lowest BCUT2D eigenvalue weighted by atomic mass is 9.88. The third kappa shape index (κ3) is 3.92. The summed E-state index contributed by atoms with van der Waals surface area (Å²) in [6, 6.07) is 18.1. The van der Waals surface area contributed by atoms with E-state index in [4.69, 9.17) is 0 Å². The maximum Gasteiger partial charge on any atom is 0.0323 e. The van der Waals surface area contributed by atoms with Crippen LogP contribution >= 0.6 is 11.8 Å². The molecular formula is C19H24N2S. The molecule has 0 fully saturated rings. The van der Waals surface area contributed by atoms with Crippen molar-refractivity contribution < 1.29 is 0 Å². The summed E-state index contributed by atoms with van der Waals surface area (Å²) in [5, 5.41) is 6.88. The standard InChI is InChI=1S/C19H24N2S/c1-20-12-13-21-19-9-5-6-15-14-17(10-11-18(15)19)22-16-7-3-2-4-8-16/h2-4,7-8,10-11,14,19-21H,5-6,9,12-13H2,1H3. The molecule has 0 aromatic heterocycles. The van der Waals surface area contributed by atoms with Gasteiger partial charge in [-0.15, -0.1) is 0 Å². The molecule has 22 heavy (non-hydrogen) atoms. The number of fused-ring (bicyclic) bond motifs is 1.